The summed E-state index contributed by atoms with van der Waals surface area (Å²) in [5, 5.41) is 8.50. The maximum Gasteiger partial charge on any atom is 0.416 e. The monoisotopic (exact) mass is 390 g/mol. The summed E-state index contributed by atoms with van der Waals surface area (Å²) in [5.74, 6) is 1.87. The smallest absolute Gasteiger partial charge is 0.316 e. The van der Waals surface area contributed by atoms with E-state index in [0.717, 1.165) is 12.6 Å². The molecule has 0 saturated heterocycles. The van der Waals surface area contributed by atoms with Crippen molar-refractivity contribution in [2.24, 2.45) is 0 Å². The molecule has 5 nitrogen and oxygen atoms in total. The third kappa shape index (κ3) is 6.08. The van der Waals surface area contributed by atoms with Crippen LogP contribution >= 0.6 is 0 Å². The molecule has 0 aliphatic rings. The zero-order chi connectivity index (χ0) is 20.6. The summed E-state index contributed by atoms with van der Waals surface area (Å²) in [7, 11) is 0. The Balaban J connectivity index is 2.16. The Morgan fingerprint density at radius 3 is 2.61 bits per heavy atom. The van der Waals surface area contributed by atoms with Crippen molar-refractivity contribution in [3.63, 3.8) is 0 Å². The van der Waals surface area contributed by atoms with E-state index in [9.17, 15) is 18.0 Å². The number of rotatable bonds is 8. The largest absolute Gasteiger partial charge is 0.416 e. The number of anilines is 1. The summed E-state index contributed by atoms with van der Waals surface area (Å²) in [6.45, 7) is 3.97. The van der Waals surface area contributed by atoms with Gasteiger partial charge in [-0.15, -0.1) is 6.42 Å². The summed E-state index contributed by atoms with van der Waals surface area (Å²) in [6.07, 6.45) is 2.12. The predicted molar refractivity (Wildman–Crippen MR) is 102 cm³/mol. The third-order valence-electron chi connectivity index (χ3n) is 3.89. The first kappa shape index (κ1) is 21.4. The number of alkyl halides is 3. The Labute approximate surface area is 161 Å². The molecule has 1 aromatic carbocycles. The van der Waals surface area contributed by atoms with Crippen LogP contribution in [0.2, 0.25) is 0 Å². The molecule has 148 valence electrons. The van der Waals surface area contributed by atoms with E-state index in [1.165, 1.54) is 24.4 Å². The number of nitrogens with zero attached hydrogens (tertiary/aromatic N) is 1. The average Bonchev–Trinajstić information content (AvgIpc) is 2.67. The van der Waals surface area contributed by atoms with Crippen LogP contribution in [-0.4, -0.2) is 30.5 Å². The number of hydrogen-bond donors (Lipinski definition) is 3. The SMILES string of the molecule is C#Cc1ccnc(NC(=O)c2ccc(CNCCNCC)c(C(F)(F)F)c2)c1. The van der Waals surface area contributed by atoms with E-state index in [1.54, 1.807) is 6.07 Å². The van der Waals surface area contributed by atoms with Gasteiger partial charge in [0.1, 0.15) is 5.82 Å². The van der Waals surface area contributed by atoms with Crippen molar-refractivity contribution in [2.45, 2.75) is 19.6 Å². The fraction of sp³-hybridized carbons (Fsp3) is 0.300. The predicted octanol–water partition coefficient (Wildman–Crippen LogP) is 3.03. The summed E-state index contributed by atoms with van der Waals surface area (Å²) >= 11 is 0. The lowest BCUT2D eigenvalue weighted by Crippen LogP contribution is -2.27. The van der Waals surface area contributed by atoms with Crippen LogP contribution < -0.4 is 16.0 Å². The zero-order valence-corrected chi connectivity index (χ0v) is 15.4. The average molecular weight is 390 g/mol. The summed E-state index contributed by atoms with van der Waals surface area (Å²) in [6, 6.07) is 6.56. The molecule has 0 atom stereocenters. The van der Waals surface area contributed by atoms with Crippen LogP contribution in [0, 0.1) is 12.3 Å². The molecule has 3 N–H and O–H groups in total. The molecule has 0 unspecified atom stereocenters. The second kappa shape index (κ2) is 9.88. The quantitative estimate of drug-likeness (QED) is 0.479. The molecule has 1 amide bonds. The van der Waals surface area contributed by atoms with Gasteiger partial charge in [-0.05, 0) is 36.4 Å². The summed E-state index contributed by atoms with van der Waals surface area (Å²) in [4.78, 5) is 16.3. The normalized spacial score (nSPS) is 11.1. The van der Waals surface area contributed by atoms with Crippen molar-refractivity contribution < 1.29 is 18.0 Å². The van der Waals surface area contributed by atoms with Crippen LogP contribution in [0.25, 0.3) is 0 Å². The van der Waals surface area contributed by atoms with E-state index in [1.807, 2.05) is 6.92 Å². The fourth-order valence-corrected chi connectivity index (χ4v) is 2.49. The molecule has 2 aromatic rings. The number of pyridine rings is 1. The van der Waals surface area contributed by atoms with E-state index in [2.05, 4.69) is 26.9 Å². The van der Waals surface area contributed by atoms with Crippen LogP contribution in [0.1, 0.15) is 34.0 Å². The van der Waals surface area contributed by atoms with Crippen molar-refractivity contribution in [3.8, 4) is 12.3 Å². The lowest BCUT2D eigenvalue weighted by atomic mass is 10.0. The Morgan fingerprint density at radius 2 is 1.93 bits per heavy atom. The number of carbonyl (C=O) groups excluding carboxylic acids is 1. The maximum atomic E-state index is 13.4. The van der Waals surface area contributed by atoms with Gasteiger partial charge in [-0.3, -0.25) is 4.79 Å². The van der Waals surface area contributed by atoms with Gasteiger partial charge >= 0.3 is 6.18 Å². The molecule has 0 aliphatic heterocycles. The molecule has 0 bridgehead atoms. The van der Waals surface area contributed by atoms with Gasteiger partial charge in [0, 0.05) is 37.0 Å². The van der Waals surface area contributed by atoms with E-state index in [-0.39, 0.29) is 23.5 Å². The van der Waals surface area contributed by atoms with Crippen LogP contribution in [-0.2, 0) is 12.7 Å². The number of terminal acetylenes is 1. The van der Waals surface area contributed by atoms with E-state index >= 15 is 0 Å². The Bertz CT molecular complexity index is 859. The lowest BCUT2D eigenvalue weighted by molar-refractivity contribution is -0.138. The topological polar surface area (TPSA) is 66.0 Å². The molecule has 0 saturated carbocycles. The van der Waals surface area contributed by atoms with Crippen molar-refractivity contribution in [1.82, 2.24) is 15.6 Å². The number of likely N-dealkylation sites (N-methyl/N-ethyl adjacent to an activating group) is 1. The molecule has 0 fully saturated rings. The van der Waals surface area contributed by atoms with Crippen molar-refractivity contribution in [1.29, 1.82) is 0 Å². The molecule has 28 heavy (non-hydrogen) atoms. The minimum Gasteiger partial charge on any atom is -0.316 e. The second-order valence-corrected chi connectivity index (χ2v) is 5.93. The Morgan fingerprint density at radius 1 is 1.18 bits per heavy atom. The van der Waals surface area contributed by atoms with Gasteiger partial charge in [-0.2, -0.15) is 13.2 Å². The molecular weight excluding hydrogens is 369 g/mol. The third-order valence-corrected chi connectivity index (χ3v) is 3.89. The van der Waals surface area contributed by atoms with Gasteiger partial charge in [0.15, 0.2) is 0 Å². The second-order valence-electron chi connectivity index (χ2n) is 5.93. The molecule has 0 spiro atoms. The number of amides is 1. The van der Waals surface area contributed by atoms with Crippen molar-refractivity contribution in [2.75, 3.05) is 25.0 Å². The minimum absolute atomic E-state index is 0.0495. The first-order chi connectivity index (χ1) is 13.3. The van der Waals surface area contributed by atoms with E-state index in [0.29, 0.717) is 18.7 Å². The maximum absolute atomic E-state index is 13.4. The van der Waals surface area contributed by atoms with Gasteiger partial charge in [-0.25, -0.2) is 4.98 Å². The number of benzene rings is 1. The number of halogens is 3. The highest BCUT2D eigenvalue weighted by Gasteiger charge is 2.34. The van der Waals surface area contributed by atoms with Gasteiger partial charge in [-0.1, -0.05) is 18.9 Å². The molecule has 1 aromatic heterocycles. The molecule has 0 radical (unpaired) electrons. The first-order valence-electron chi connectivity index (χ1n) is 8.70. The molecule has 2 rings (SSSR count). The summed E-state index contributed by atoms with van der Waals surface area (Å²) in [5.41, 5.74) is -0.383. The molecular formula is C20H21F3N4O. The molecule has 0 aliphatic carbocycles. The Kier molecular flexibility index (Phi) is 7.55. The zero-order valence-electron chi connectivity index (χ0n) is 15.4. The minimum atomic E-state index is -4.57. The van der Waals surface area contributed by atoms with Gasteiger partial charge < -0.3 is 16.0 Å². The number of aromatic nitrogens is 1. The van der Waals surface area contributed by atoms with Crippen molar-refractivity contribution >= 4 is 11.7 Å². The highest BCUT2D eigenvalue weighted by molar-refractivity contribution is 6.04. The van der Waals surface area contributed by atoms with Crippen LogP contribution in [0.15, 0.2) is 36.5 Å². The number of carbonyl (C=O) groups is 1. The van der Waals surface area contributed by atoms with Gasteiger partial charge in [0.25, 0.3) is 5.91 Å². The summed E-state index contributed by atoms with van der Waals surface area (Å²) < 4.78 is 40.3. The van der Waals surface area contributed by atoms with Gasteiger partial charge in [0.2, 0.25) is 0 Å². The van der Waals surface area contributed by atoms with Crippen LogP contribution in [0.5, 0.6) is 0 Å². The van der Waals surface area contributed by atoms with E-state index in [4.69, 9.17) is 6.42 Å². The fourth-order valence-electron chi connectivity index (χ4n) is 2.49. The number of hydrogen-bond acceptors (Lipinski definition) is 4. The highest BCUT2D eigenvalue weighted by atomic mass is 19.4. The van der Waals surface area contributed by atoms with Crippen LogP contribution in [0.4, 0.5) is 19.0 Å². The number of nitrogens with one attached hydrogen (secondary N) is 3. The molecule has 8 heteroatoms. The first-order valence-corrected chi connectivity index (χ1v) is 8.70. The van der Waals surface area contributed by atoms with Crippen LogP contribution in [0.3, 0.4) is 0 Å². The van der Waals surface area contributed by atoms with Gasteiger partial charge in [0.05, 0.1) is 5.56 Å². The van der Waals surface area contributed by atoms with Crippen molar-refractivity contribution in [3.05, 3.63) is 58.8 Å². The molecule has 1 heterocycles. The van der Waals surface area contributed by atoms with E-state index < -0.39 is 17.6 Å². The lowest BCUT2D eigenvalue weighted by Gasteiger charge is -2.15. The standard InChI is InChI=1S/C20H21F3N4O/c1-3-14-7-8-26-18(11-14)27-19(28)15-5-6-16(13-25-10-9-24-4-2)17(12-15)20(21,22)23/h1,5-8,11-12,24-25H,4,9-10,13H2,2H3,(H,26,27,28). The Hall–Kier alpha value is -2.89. The highest BCUT2D eigenvalue weighted by Crippen LogP contribution is 2.33.